The fourth-order valence-corrected chi connectivity index (χ4v) is 3.77. The van der Waals surface area contributed by atoms with Crippen LogP contribution in [0.15, 0.2) is 30.3 Å². The van der Waals surface area contributed by atoms with Crippen LogP contribution in [-0.2, 0) is 0 Å². The summed E-state index contributed by atoms with van der Waals surface area (Å²) in [5.41, 5.74) is 2.39. The highest BCUT2D eigenvalue weighted by Gasteiger charge is 2.10. The molecule has 0 heterocycles. The maximum Gasteiger partial charge on any atom is 0.0472 e. The Hall–Kier alpha value is -0.563. The highest BCUT2D eigenvalue weighted by molar-refractivity contribution is 6.37. The minimum Gasteiger partial charge on any atom is -0.0654 e. The molecule has 0 aliphatic rings. The molecule has 1 unspecified atom stereocenters. The summed E-state index contributed by atoms with van der Waals surface area (Å²) in [5, 5.41) is 0. The van der Waals surface area contributed by atoms with Crippen LogP contribution in [0, 0.1) is 0 Å². The summed E-state index contributed by atoms with van der Waals surface area (Å²) in [6.45, 7) is 4.58. The van der Waals surface area contributed by atoms with E-state index in [2.05, 4.69) is 44.2 Å². The van der Waals surface area contributed by atoms with Crippen molar-refractivity contribution in [2.75, 3.05) is 0 Å². The van der Waals surface area contributed by atoms with Crippen molar-refractivity contribution in [3.05, 3.63) is 35.9 Å². The lowest BCUT2D eigenvalue weighted by Crippen LogP contribution is -2.08. The van der Waals surface area contributed by atoms with Gasteiger partial charge in [-0.25, -0.2) is 0 Å². The quantitative estimate of drug-likeness (QED) is 0.413. The fourth-order valence-electron chi connectivity index (χ4n) is 2.13. The lowest BCUT2D eigenvalue weighted by molar-refractivity contribution is 0.688. The van der Waals surface area contributed by atoms with Gasteiger partial charge in [0.15, 0.2) is 0 Å². The third-order valence-corrected chi connectivity index (χ3v) is 4.98. The van der Waals surface area contributed by atoms with Crippen LogP contribution < -0.4 is 0 Å². The van der Waals surface area contributed by atoms with Crippen molar-refractivity contribution in [3.63, 3.8) is 0 Å². The highest BCUT2D eigenvalue weighted by atomic mass is 28.2. The lowest BCUT2D eigenvalue weighted by Gasteiger charge is -2.16. The Balaban J connectivity index is 2.43. The number of rotatable bonds is 9. The second-order valence-corrected chi connectivity index (χ2v) is 6.37. The molecule has 0 aliphatic heterocycles. The summed E-state index contributed by atoms with van der Waals surface area (Å²) in [7, 11) is 1.12. The van der Waals surface area contributed by atoms with Crippen molar-refractivity contribution >= 4 is 9.52 Å². The fraction of sp³-hybridized carbons (Fsp3) is 0.625. The molecule has 0 amide bonds. The molecule has 17 heavy (non-hydrogen) atoms. The van der Waals surface area contributed by atoms with E-state index in [-0.39, 0.29) is 0 Å². The number of hydrogen-bond acceptors (Lipinski definition) is 0. The zero-order valence-electron chi connectivity index (χ0n) is 11.4. The third-order valence-electron chi connectivity index (χ3n) is 3.22. The molecule has 0 bridgehead atoms. The molecule has 1 atom stereocenters. The van der Waals surface area contributed by atoms with Crippen molar-refractivity contribution in [1.82, 2.24) is 0 Å². The van der Waals surface area contributed by atoms with Crippen LogP contribution in [0.25, 0.3) is 0 Å². The minimum atomic E-state index is 0.827. The van der Waals surface area contributed by atoms with E-state index in [9.17, 15) is 0 Å². The van der Waals surface area contributed by atoms with Gasteiger partial charge in [-0.3, -0.25) is 0 Å². The number of benzene rings is 1. The van der Waals surface area contributed by atoms with Gasteiger partial charge >= 0.3 is 0 Å². The molecule has 0 saturated carbocycles. The van der Waals surface area contributed by atoms with Gasteiger partial charge in [0.2, 0.25) is 0 Å². The number of hydrogen-bond donors (Lipinski definition) is 0. The normalized spacial score (nSPS) is 12.6. The van der Waals surface area contributed by atoms with Gasteiger partial charge in [0.1, 0.15) is 0 Å². The van der Waals surface area contributed by atoms with Crippen molar-refractivity contribution in [2.45, 2.75) is 64.0 Å². The molecule has 0 aliphatic carbocycles. The van der Waals surface area contributed by atoms with E-state index in [4.69, 9.17) is 0 Å². The summed E-state index contributed by atoms with van der Waals surface area (Å²) in [4.78, 5) is 0. The first-order valence-corrected chi connectivity index (χ1v) is 8.45. The summed E-state index contributed by atoms with van der Waals surface area (Å²) < 4.78 is 0. The van der Waals surface area contributed by atoms with Gasteiger partial charge < -0.3 is 0 Å². The van der Waals surface area contributed by atoms with Crippen molar-refractivity contribution < 1.29 is 0 Å². The molecular formula is C16H26Si. The van der Waals surface area contributed by atoms with Gasteiger partial charge in [-0.2, -0.15) is 0 Å². The minimum absolute atomic E-state index is 0.827. The predicted molar refractivity (Wildman–Crippen MR) is 78.8 cm³/mol. The maximum atomic E-state index is 2.31. The van der Waals surface area contributed by atoms with Gasteiger partial charge in [-0.1, -0.05) is 82.3 Å². The molecule has 0 spiro atoms. The zero-order valence-corrected chi connectivity index (χ0v) is 12.4. The largest absolute Gasteiger partial charge is 0.0654 e. The molecule has 0 fully saturated rings. The van der Waals surface area contributed by atoms with E-state index >= 15 is 0 Å². The van der Waals surface area contributed by atoms with Crippen molar-refractivity contribution in [2.24, 2.45) is 0 Å². The third kappa shape index (κ3) is 6.07. The summed E-state index contributed by atoms with van der Waals surface area (Å²) in [6.07, 6.45) is 8.25. The second-order valence-electron chi connectivity index (χ2n) is 4.77. The summed E-state index contributed by atoms with van der Waals surface area (Å²) in [5.74, 6) is 0. The molecule has 1 aromatic carbocycles. The molecule has 1 rings (SSSR count). The molecule has 94 valence electrons. The molecule has 2 radical (unpaired) electrons. The molecule has 0 aromatic heterocycles. The van der Waals surface area contributed by atoms with Gasteiger partial charge in [0.05, 0.1) is 0 Å². The molecule has 1 heteroatoms. The Labute approximate surface area is 110 Å². The SMILES string of the molecule is CCCCC[Si]C(CCCC)c1ccccc1. The predicted octanol–water partition coefficient (Wildman–Crippen LogP) is 5.23. The monoisotopic (exact) mass is 246 g/mol. The average molecular weight is 246 g/mol. The van der Waals surface area contributed by atoms with E-state index in [1.54, 1.807) is 5.56 Å². The van der Waals surface area contributed by atoms with Crippen LogP contribution in [-0.4, -0.2) is 9.52 Å². The maximum absolute atomic E-state index is 2.31. The van der Waals surface area contributed by atoms with Crippen LogP contribution in [0.4, 0.5) is 0 Å². The zero-order chi connectivity index (χ0) is 12.3. The first-order valence-electron chi connectivity index (χ1n) is 7.16. The van der Waals surface area contributed by atoms with Crippen molar-refractivity contribution in [1.29, 1.82) is 0 Å². The van der Waals surface area contributed by atoms with E-state index in [0.717, 1.165) is 15.1 Å². The van der Waals surface area contributed by atoms with E-state index in [0.29, 0.717) is 0 Å². The van der Waals surface area contributed by atoms with Crippen LogP contribution in [0.3, 0.4) is 0 Å². The van der Waals surface area contributed by atoms with Crippen LogP contribution in [0.5, 0.6) is 0 Å². The summed E-state index contributed by atoms with van der Waals surface area (Å²) >= 11 is 0. The molecule has 0 N–H and O–H groups in total. The first-order chi connectivity index (χ1) is 8.38. The Kier molecular flexibility index (Phi) is 8.07. The van der Waals surface area contributed by atoms with Gasteiger partial charge in [-0.05, 0) is 17.5 Å². The Morgan fingerprint density at radius 2 is 1.65 bits per heavy atom. The average Bonchev–Trinajstić information content (AvgIpc) is 2.39. The van der Waals surface area contributed by atoms with E-state index in [1.165, 1.54) is 44.6 Å². The van der Waals surface area contributed by atoms with Gasteiger partial charge in [0.25, 0.3) is 0 Å². The standard InChI is InChI=1S/C16H26Si/c1-3-5-10-14-17-16(13-6-4-2)15-11-8-7-9-12-15/h7-9,11-12,16H,3-6,10,13-14H2,1-2H3. The van der Waals surface area contributed by atoms with Crippen LogP contribution in [0.2, 0.25) is 6.04 Å². The van der Waals surface area contributed by atoms with Gasteiger partial charge in [-0.15, -0.1) is 0 Å². The first kappa shape index (κ1) is 14.5. The number of unbranched alkanes of at least 4 members (excludes halogenated alkanes) is 3. The molecular weight excluding hydrogens is 220 g/mol. The van der Waals surface area contributed by atoms with Crippen molar-refractivity contribution in [3.8, 4) is 0 Å². The molecule has 0 nitrogen and oxygen atoms in total. The van der Waals surface area contributed by atoms with Crippen LogP contribution >= 0.6 is 0 Å². The Morgan fingerprint density at radius 3 is 2.29 bits per heavy atom. The Bertz CT molecular complexity index is 268. The topological polar surface area (TPSA) is 0 Å². The lowest BCUT2D eigenvalue weighted by atomic mass is 10.1. The van der Waals surface area contributed by atoms with E-state index in [1.807, 2.05) is 0 Å². The van der Waals surface area contributed by atoms with E-state index < -0.39 is 0 Å². The van der Waals surface area contributed by atoms with Crippen LogP contribution in [0.1, 0.15) is 63.5 Å². The molecule has 0 saturated heterocycles. The Morgan fingerprint density at radius 1 is 0.941 bits per heavy atom. The molecule has 1 aromatic rings. The second kappa shape index (κ2) is 9.47. The van der Waals surface area contributed by atoms with Gasteiger partial charge in [0, 0.05) is 9.52 Å². The highest BCUT2D eigenvalue weighted by Crippen LogP contribution is 2.22. The smallest absolute Gasteiger partial charge is 0.0472 e. The summed E-state index contributed by atoms with van der Waals surface area (Å²) in [6, 6.07) is 12.5.